The lowest BCUT2D eigenvalue weighted by Gasteiger charge is -2.37. The fraction of sp³-hybridized carbons (Fsp3) is 0.684. The zero-order chi connectivity index (χ0) is 16.9. The monoisotopic (exact) mass is 320 g/mol. The van der Waals surface area contributed by atoms with Gasteiger partial charge in [0.2, 0.25) is 0 Å². The molecule has 1 unspecified atom stereocenters. The summed E-state index contributed by atoms with van der Waals surface area (Å²) in [7, 11) is 0. The average molecular weight is 320 g/mol. The Labute approximate surface area is 141 Å². The van der Waals surface area contributed by atoms with E-state index in [0.29, 0.717) is 0 Å². The van der Waals surface area contributed by atoms with E-state index in [1.165, 1.54) is 5.56 Å². The molecule has 1 aromatic carbocycles. The summed E-state index contributed by atoms with van der Waals surface area (Å²) in [4.78, 5) is 4.81. The van der Waals surface area contributed by atoms with Crippen LogP contribution in [0.5, 0.6) is 5.75 Å². The van der Waals surface area contributed by atoms with Crippen LogP contribution in [-0.2, 0) is 0 Å². The topological polar surface area (TPSA) is 35.9 Å². The van der Waals surface area contributed by atoms with E-state index in [4.69, 9.17) is 4.74 Å². The van der Waals surface area contributed by atoms with Crippen molar-refractivity contribution < 1.29 is 9.84 Å². The third kappa shape index (κ3) is 5.79. The van der Waals surface area contributed by atoms with Crippen molar-refractivity contribution in [2.75, 3.05) is 45.9 Å². The molecule has 1 atom stereocenters. The van der Waals surface area contributed by atoms with Gasteiger partial charge < -0.3 is 9.84 Å². The first-order chi connectivity index (χ1) is 10.9. The number of hydrogen-bond donors (Lipinski definition) is 1. The van der Waals surface area contributed by atoms with E-state index in [9.17, 15) is 5.11 Å². The number of piperazine rings is 1. The summed E-state index contributed by atoms with van der Waals surface area (Å²) in [5, 5.41) is 10.2. The molecule has 1 aliphatic heterocycles. The number of aliphatic hydroxyl groups excluding tert-OH is 1. The summed E-state index contributed by atoms with van der Waals surface area (Å²) < 4.78 is 5.88. The lowest BCUT2D eigenvalue weighted by atomic mass is 9.89. The SMILES string of the molecule is Cc1ccccc1OCCN1CCN(CC(O)C(C)(C)C)CC1. The molecule has 0 radical (unpaired) electrons. The van der Waals surface area contributed by atoms with Gasteiger partial charge in [-0.15, -0.1) is 0 Å². The van der Waals surface area contributed by atoms with E-state index >= 15 is 0 Å². The van der Waals surface area contributed by atoms with Gasteiger partial charge in [-0.05, 0) is 24.0 Å². The predicted octanol–water partition coefficient (Wildman–Crippen LogP) is 2.40. The number of para-hydroxylation sites is 1. The molecule has 4 heteroatoms. The van der Waals surface area contributed by atoms with Crippen molar-refractivity contribution in [3.05, 3.63) is 29.8 Å². The van der Waals surface area contributed by atoms with Crippen molar-refractivity contribution in [1.82, 2.24) is 9.80 Å². The molecule has 0 aromatic heterocycles. The molecule has 0 aliphatic carbocycles. The number of benzene rings is 1. The molecule has 1 aromatic rings. The van der Waals surface area contributed by atoms with Gasteiger partial charge in [-0.1, -0.05) is 39.0 Å². The Morgan fingerprint density at radius 2 is 1.70 bits per heavy atom. The lowest BCUT2D eigenvalue weighted by Crippen LogP contribution is -2.50. The largest absolute Gasteiger partial charge is 0.492 e. The number of hydrogen-bond acceptors (Lipinski definition) is 4. The second kappa shape index (κ2) is 8.13. The van der Waals surface area contributed by atoms with Gasteiger partial charge in [0.05, 0.1) is 6.10 Å². The van der Waals surface area contributed by atoms with Crippen LogP contribution in [-0.4, -0.2) is 66.9 Å². The first-order valence-electron chi connectivity index (χ1n) is 8.67. The maximum Gasteiger partial charge on any atom is 0.122 e. The quantitative estimate of drug-likeness (QED) is 0.873. The van der Waals surface area contributed by atoms with Crippen molar-refractivity contribution in [1.29, 1.82) is 0 Å². The minimum absolute atomic E-state index is 0.0431. The van der Waals surface area contributed by atoms with Crippen molar-refractivity contribution in [2.45, 2.75) is 33.8 Å². The molecular weight excluding hydrogens is 288 g/mol. The standard InChI is InChI=1S/C19H32N2O2/c1-16-7-5-6-8-17(16)23-14-13-20-9-11-21(12-10-20)15-18(22)19(2,3)4/h5-8,18,22H,9-15H2,1-4H3. The Bertz CT molecular complexity index is 477. The van der Waals surface area contributed by atoms with Crippen molar-refractivity contribution >= 4 is 0 Å². The summed E-state index contributed by atoms with van der Waals surface area (Å²) in [5.41, 5.74) is 1.15. The molecular formula is C19H32N2O2. The third-order valence-electron chi connectivity index (χ3n) is 4.65. The van der Waals surface area contributed by atoms with E-state index in [2.05, 4.69) is 43.6 Å². The van der Waals surface area contributed by atoms with E-state index in [1.807, 2.05) is 18.2 Å². The highest BCUT2D eigenvalue weighted by Crippen LogP contribution is 2.20. The molecule has 1 aliphatic rings. The van der Waals surface area contributed by atoms with Gasteiger partial charge >= 0.3 is 0 Å². The second-order valence-electron chi connectivity index (χ2n) is 7.64. The van der Waals surface area contributed by atoms with Crippen LogP contribution in [0.4, 0.5) is 0 Å². The highest BCUT2D eigenvalue weighted by atomic mass is 16.5. The first-order valence-corrected chi connectivity index (χ1v) is 8.67. The molecule has 23 heavy (non-hydrogen) atoms. The van der Waals surface area contributed by atoms with Gasteiger partial charge in [0.25, 0.3) is 0 Å². The normalized spacial score (nSPS) is 18.8. The highest BCUT2D eigenvalue weighted by Gasteiger charge is 2.26. The molecule has 0 saturated carbocycles. The molecule has 4 nitrogen and oxygen atoms in total. The van der Waals surface area contributed by atoms with E-state index in [0.717, 1.165) is 51.6 Å². The van der Waals surface area contributed by atoms with Crippen LogP contribution in [0.2, 0.25) is 0 Å². The van der Waals surface area contributed by atoms with Crippen LogP contribution in [0.15, 0.2) is 24.3 Å². The lowest BCUT2D eigenvalue weighted by molar-refractivity contribution is 0.0122. The number of nitrogens with zero attached hydrogens (tertiary/aromatic N) is 2. The summed E-state index contributed by atoms with van der Waals surface area (Å²) in [6.45, 7) is 15.0. The molecule has 1 N–H and O–H groups in total. The molecule has 0 amide bonds. The molecule has 1 heterocycles. The molecule has 1 saturated heterocycles. The van der Waals surface area contributed by atoms with Crippen molar-refractivity contribution in [2.24, 2.45) is 5.41 Å². The third-order valence-corrected chi connectivity index (χ3v) is 4.65. The molecule has 0 bridgehead atoms. The number of β-amino-alcohol motifs (C(OH)–C–C–N with tert-alkyl or cyclic N) is 1. The number of aryl methyl sites for hydroxylation is 1. The van der Waals surface area contributed by atoms with Crippen LogP contribution >= 0.6 is 0 Å². The average Bonchev–Trinajstić information content (AvgIpc) is 2.50. The number of aliphatic hydroxyl groups is 1. The van der Waals surface area contributed by atoms with Crippen molar-refractivity contribution in [3.8, 4) is 5.75 Å². The van der Waals surface area contributed by atoms with E-state index in [1.54, 1.807) is 0 Å². The maximum atomic E-state index is 10.2. The molecule has 0 spiro atoms. The minimum Gasteiger partial charge on any atom is -0.492 e. The van der Waals surface area contributed by atoms with E-state index in [-0.39, 0.29) is 11.5 Å². The maximum absolute atomic E-state index is 10.2. The Hall–Kier alpha value is -1.10. The fourth-order valence-corrected chi connectivity index (χ4v) is 2.72. The van der Waals surface area contributed by atoms with Crippen LogP contribution < -0.4 is 4.74 Å². The first kappa shape index (κ1) is 18.2. The van der Waals surface area contributed by atoms with Gasteiger partial charge in [-0.3, -0.25) is 9.80 Å². The summed E-state index contributed by atoms with van der Waals surface area (Å²) in [6, 6.07) is 8.16. The smallest absolute Gasteiger partial charge is 0.122 e. The van der Waals surface area contributed by atoms with Crippen LogP contribution in [0, 0.1) is 12.3 Å². The summed E-state index contributed by atoms with van der Waals surface area (Å²) in [6.07, 6.45) is -0.265. The number of rotatable bonds is 6. The van der Waals surface area contributed by atoms with E-state index < -0.39 is 0 Å². The Morgan fingerprint density at radius 3 is 2.30 bits per heavy atom. The van der Waals surface area contributed by atoms with Gasteiger partial charge in [-0.2, -0.15) is 0 Å². The predicted molar refractivity (Wildman–Crippen MR) is 95.0 cm³/mol. The Kier molecular flexibility index (Phi) is 6.45. The van der Waals surface area contributed by atoms with Gasteiger partial charge in [0.15, 0.2) is 0 Å². The Balaban J connectivity index is 1.66. The van der Waals surface area contributed by atoms with Gasteiger partial charge in [-0.25, -0.2) is 0 Å². The summed E-state index contributed by atoms with van der Waals surface area (Å²) >= 11 is 0. The van der Waals surface area contributed by atoms with Crippen LogP contribution in [0.1, 0.15) is 26.3 Å². The second-order valence-corrected chi connectivity index (χ2v) is 7.64. The van der Waals surface area contributed by atoms with Gasteiger partial charge in [0.1, 0.15) is 12.4 Å². The van der Waals surface area contributed by atoms with Gasteiger partial charge in [0, 0.05) is 39.3 Å². The van der Waals surface area contributed by atoms with Crippen LogP contribution in [0.3, 0.4) is 0 Å². The molecule has 2 rings (SSSR count). The fourth-order valence-electron chi connectivity index (χ4n) is 2.72. The number of ether oxygens (including phenoxy) is 1. The van der Waals surface area contributed by atoms with Crippen LogP contribution in [0.25, 0.3) is 0 Å². The van der Waals surface area contributed by atoms with Crippen molar-refractivity contribution in [3.63, 3.8) is 0 Å². The molecule has 1 fully saturated rings. The zero-order valence-electron chi connectivity index (χ0n) is 15.1. The minimum atomic E-state index is -0.265. The summed E-state index contributed by atoms with van der Waals surface area (Å²) in [5.74, 6) is 0.986. The Morgan fingerprint density at radius 1 is 1.09 bits per heavy atom. The molecule has 130 valence electrons. The highest BCUT2D eigenvalue weighted by molar-refractivity contribution is 5.31. The zero-order valence-corrected chi connectivity index (χ0v) is 15.1.